The van der Waals surface area contributed by atoms with Crippen LogP contribution in [0.5, 0.6) is 0 Å². The van der Waals surface area contributed by atoms with E-state index >= 15 is 0 Å². The van der Waals surface area contributed by atoms with E-state index in [1.165, 1.54) is 26.1 Å². The number of nitrogen functional groups attached to an aromatic ring is 1. The molecule has 0 aliphatic carbocycles. The van der Waals surface area contributed by atoms with Crippen LogP contribution in [0.3, 0.4) is 0 Å². The Hall–Kier alpha value is -2.41. The summed E-state index contributed by atoms with van der Waals surface area (Å²) in [5, 5.41) is 9.23. The van der Waals surface area contributed by atoms with Gasteiger partial charge < -0.3 is 15.6 Å². The van der Waals surface area contributed by atoms with E-state index < -0.39 is 29.3 Å². The Morgan fingerprint density at radius 1 is 1.40 bits per heavy atom. The molecule has 1 heterocycles. The summed E-state index contributed by atoms with van der Waals surface area (Å²) < 4.78 is 32.6. The van der Waals surface area contributed by atoms with Crippen molar-refractivity contribution < 1.29 is 23.4 Å². The first-order valence-corrected chi connectivity index (χ1v) is 7.74. The SMILES string of the molecule is CC(C)(OC(=O)O)C(Cc1cc(F)ccc1F)c1cc(N)ncc1Cl. The first-order chi connectivity index (χ1) is 11.6. The van der Waals surface area contributed by atoms with E-state index in [4.69, 9.17) is 27.2 Å². The van der Waals surface area contributed by atoms with Gasteiger partial charge in [-0.2, -0.15) is 0 Å². The summed E-state index contributed by atoms with van der Waals surface area (Å²) >= 11 is 6.18. The number of benzene rings is 1. The Labute approximate surface area is 148 Å². The molecule has 2 rings (SSSR count). The van der Waals surface area contributed by atoms with Crippen LogP contribution in [0.4, 0.5) is 19.4 Å². The molecular formula is C17H17ClF2N2O3. The smallest absolute Gasteiger partial charge is 0.450 e. The molecule has 0 aliphatic heterocycles. The molecule has 1 atom stereocenters. The summed E-state index contributed by atoms with van der Waals surface area (Å²) in [5.41, 5.74) is 4.91. The highest BCUT2D eigenvalue weighted by molar-refractivity contribution is 6.31. The molecule has 8 heteroatoms. The van der Waals surface area contributed by atoms with Gasteiger partial charge >= 0.3 is 6.16 Å². The molecule has 134 valence electrons. The lowest BCUT2D eigenvalue weighted by molar-refractivity contribution is -0.0130. The third kappa shape index (κ3) is 4.57. The first kappa shape index (κ1) is 18.9. The highest BCUT2D eigenvalue weighted by Gasteiger charge is 2.37. The number of carbonyl (C=O) groups is 1. The number of anilines is 1. The number of halogens is 3. The van der Waals surface area contributed by atoms with Gasteiger partial charge in [0, 0.05) is 12.1 Å². The van der Waals surface area contributed by atoms with Gasteiger partial charge in [-0.3, -0.25) is 0 Å². The van der Waals surface area contributed by atoms with Crippen molar-refractivity contribution in [1.29, 1.82) is 0 Å². The molecule has 25 heavy (non-hydrogen) atoms. The van der Waals surface area contributed by atoms with E-state index in [2.05, 4.69) is 4.98 Å². The highest BCUT2D eigenvalue weighted by atomic mass is 35.5. The second kappa shape index (κ2) is 7.23. The lowest BCUT2D eigenvalue weighted by Gasteiger charge is -2.34. The Kier molecular flexibility index (Phi) is 5.47. The molecule has 0 spiro atoms. The Bertz CT molecular complexity index is 799. The largest absolute Gasteiger partial charge is 0.506 e. The molecule has 1 unspecified atom stereocenters. The van der Waals surface area contributed by atoms with Crippen molar-refractivity contribution in [1.82, 2.24) is 4.98 Å². The number of nitrogens with two attached hydrogens (primary N) is 1. The monoisotopic (exact) mass is 370 g/mol. The van der Waals surface area contributed by atoms with Gasteiger partial charge in [0.1, 0.15) is 23.1 Å². The molecule has 2 aromatic rings. The van der Waals surface area contributed by atoms with Crippen molar-refractivity contribution in [2.75, 3.05) is 5.73 Å². The topological polar surface area (TPSA) is 85.4 Å². The summed E-state index contributed by atoms with van der Waals surface area (Å²) in [6.45, 7) is 3.05. The zero-order valence-electron chi connectivity index (χ0n) is 13.6. The minimum Gasteiger partial charge on any atom is -0.450 e. The van der Waals surface area contributed by atoms with Gasteiger partial charge in [0.25, 0.3) is 0 Å². The summed E-state index contributed by atoms with van der Waals surface area (Å²) in [6.07, 6.45) is -0.224. The number of rotatable bonds is 5. The second-order valence-electron chi connectivity index (χ2n) is 6.09. The normalized spacial score (nSPS) is 12.7. The number of carboxylic acid groups (broad SMARTS) is 1. The van der Waals surface area contributed by atoms with Crippen molar-refractivity contribution in [3.8, 4) is 0 Å². The van der Waals surface area contributed by atoms with Crippen molar-refractivity contribution in [2.24, 2.45) is 0 Å². The van der Waals surface area contributed by atoms with Gasteiger partial charge in [0.05, 0.1) is 5.02 Å². The van der Waals surface area contributed by atoms with E-state index in [1.54, 1.807) is 0 Å². The van der Waals surface area contributed by atoms with Gasteiger partial charge in [0.15, 0.2) is 0 Å². The zero-order chi connectivity index (χ0) is 18.8. The van der Waals surface area contributed by atoms with Crippen LogP contribution in [0.2, 0.25) is 5.02 Å². The molecule has 1 aromatic carbocycles. The molecule has 0 aliphatic rings. The summed E-state index contributed by atoms with van der Waals surface area (Å²) in [7, 11) is 0. The number of pyridine rings is 1. The zero-order valence-corrected chi connectivity index (χ0v) is 14.3. The predicted molar refractivity (Wildman–Crippen MR) is 89.7 cm³/mol. The van der Waals surface area contributed by atoms with Gasteiger partial charge in [-0.15, -0.1) is 0 Å². The Morgan fingerprint density at radius 2 is 2.08 bits per heavy atom. The number of hydrogen-bond donors (Lipinski definition) is 2. The molecule has 0 bridgehead atoms. The molecule has 0 fully saturated rings. The minimum absolute atomic E-state index is 0.0486. The van der Waals surface area contributed by atoms with Crippen LogP contribution in [0.15, 0.2) is 30.5 Å². The molecule has 3 N–H and O–H groups in total. The van der Waals surface area contributed by atoms with Crippen LogP contribution >= 0.6 is 11.6 Å². The Morgan fingerprint density at radius 3 is 2.72 bits per heavy atom. The standard InChI is InChI=1S/C17H17ClF2N2O3/c1-17(2,25-16(23)24)12(11-7-15(21)22-8-13(11)18)6-9-5-10(19)3-4-14(9)20/h3-5,7-8,12H,6H2,1-2H3,(H2,21,22)(H,23,24). The summed E-state index contributed by atoms with van der Waals surface area (Å²) in [4.78, 5) is 14.9. The van der Waals surface area contributed by atoms with Gasteiger partial charge in [0.2, 0.25) is 0 Å². The van der Waals surface area contributed by atoms with Gasteiger partial charge in [-0.1, -0.05) is 11.6 Å². The van der Waals surface area contributed by atoms with E-state index in [0.717, 1.165) is 18.2 Å². The predicted octanol–water partition coefficient (Wildman–Crippen LogP) is 4.39. The van der Waals surface area contributed by atoms with Gasteiger partial charge in [-0.05, 0) is 55.7 Å². The van der Waals surface area contributed by atoms with E-state index in [0.29, 0.717) is 5.56 Å². The fraction of sp³-hybridized carbons (Fsp3) is 0.294. The van der Waals surface area contributed by atoms with Crippen molar-refractivity contribution in [3.63, 3.8) is 0 Å². The lowest BCUT2D eigenvalue weighted by atomic mass is 9.80. The second-order valence-corrected chi connectivity index (χ2v) is 6.50. The third-order valence-corrected chi connectivity index (χ3v) is 4.22. The Balaban J connectivity index is 2.54. The summed E-state index contributed by atoms with van der Waals surface area (Å²) in [5.74, 6) is -1.78. The number of aromatic nitrogens is 1. The number of nitrogens with zero attached hydrogens (tertiary/aromatic N) is 1. The molecule has 0 amide bonds. The molecule has 0 saturated carbocycles. The molecule has 0 radical (unpaired) electrons. The van der Waals surface area contributed by atoms with Crippen LogP contribution in [0.25, 0.3) is 0 Å². The van der Waals surface area contributed by atoms with Crippen molar-refractivity contribution in [3.05, 3.63) is 58.2 Å². The van der Waals surface area contributed by atoms with E-state index in [-0.39, 0.29) is 22.8 Å². The van der Waals surface area contributed by atoms with Crippen LogP contribution in [-0.4, -0.2) is 21.8 Å². The maximum Gasteiger partial charge on any atom is 0.506 e. The lowest BCUT2D eigenvalue weighted by Crippen LogP contribution is -2.36. The fourth-order valence-corrected chi connectivity index (χ4v) is 2.92. The fourth-order valence-electron chi connectivity index (χ4n) is 2.68. The maximum absolute atomic E-state index is 14.1. The minimum atomic E-state index is -1.49. The summed E-state index contributed by atoms with van der Waals surface area (Å²) in [6, 6.07) is 4.54. The molecular weight excluding hydrogens is 354 g/mol. The van der Waals surface area contributed by atoms with Crippen molar-refractivity contribution >= 4 is 23.6 Å². The van der Waals surface area contributed by atoms with E-state index in [1.807, 2.05) is 0 Å². The average Bonchev–Trinajstić information content (AvgIpc) is 2.49. The maximum atomic E-state index is 14.1. The molecule has 5 nitrogen and oxygen atoms in total. The third-order valence-electron chi connectivity index (χ3n) is 3.90. The van der Waals surface area contributed by atoms with Crippen molar-refractivity contribution in [2.45, 2.75) is 31.8 Å². The van der Waals surface area contributed by atoms with Crippen LogP contribution < -0.4 is 5.73 Å². The highest BCUT2D eigenvalue weighted by Crippen LogP contribution is 2.38. The number of ether oxygens (including phenoxy) is 1. The van der Waals surface area contributed by atoms with Crippen LogP contribution in [-0.2, 0) is 11.2 Å². The molecule has 1 aromatic heterocycles. The average molecular weight is 371 g/mol. The van der Waals surface area contributed by atoms with Gasteiger partial charge in [-0.25, -0.2) is 18.6 Å². The number of hydrogen-bond acceptors (Lipinski definition) is 4. The van der Waals surface area contributed by atoms with Crippen LogP contribution in [0.1, 0.15) is 30.9 Å². The van der Waals surface area contributed by atoms with Crippen LogP contribution in [0, 0.1) is 11.6 Å². The first-order valence-electron chi connectivity index (χ1n) is 7.37. The molecule has 0 saturated heterocycles. The van der Waals surface area contributed by atoms with E-state index in [9.17, 15) is 13.6 Å². The quantitative estimate of drug-likeness (QED) is 0.762.